The monoisotopic (exact) mass is 269 g/mol. The number of rotatable bonds is 8. The lowest BCUT2D eigenvalue weighted by Crippen LogP contribution is -2.28. The molecule has 0 spiro atoms. The number of unbranched alkanes of at least 4 members (excludes halogenated alkanes) is 1. The fourth-order valence-electron chi connectivity index (χ4n) is 1.28. The molecule has 0 aliphatic rings. The smallest absolute Gasteiger partial charge is 0.364 e. The maximum atomic E-state index is 11.6. The van der Waals surface area contributed by atoms with Crippen LogP contribution in [-0.2, 0) is 19.1 Å². The Morgan fingerprint density at radius 1 is 1.05 bits per heavy atom. The minimum Gasteiger partial charge on any atom is -0.461 e. The molecule has 0 saturated heterocycles. The fourth-order valence-corrected chi connectivity index (χ4v) is 1.28. The Bertz CT molecular complexity index is 334. The van der Waals surface area contributed by atoms with Gasteiger partial charge in [-0.15, -0.1) is 0 Å². The van der Waals surface area contributed by atoms with Crippen LogP contribution in [0.2, 0.25) is 0 Å². The minimum atomic E-state index is -0.719. The molecule has 0 heterocycles. The summed E-state index contributed by atoms with van der Waals surface area (Å²) in [5, 5.41) is 0. The van der Waals surface area contributed by atoms with Crippen molar-refractivity contribution in [1.29, 1.82) is 0 Å². The third kappa shape index (κ3) is 8.13. The van der Waals surface area contributed by atoms with Crippen molar-refractivity contribution in [2.24, 2.45) is 4.99 Å². The van der Waals surface area contributed by atoms with E-state index in [2.05, 4.69) is 11.1 Å². The van der Waals surface area contributed by atoms with Gasteiger partial charge in [0.1, 0.15) is 0 Å². The Morgan fingerprint density at radius 2 is 1.58 bits per heavy atom. The second kappa shape index (κ2) is 10.3. The second-order valence-electron chi connectivity index (χ2n) is 4.09. The maximum Gasteiger partial charge on any atom is 0.364 e. The van der Waals surface area contributed by atoms with Gasteiger partial charge in [0.15, 0.2) is 0 Å². The zero-order chi connectivity index (χ0) is 14.7. The number of hydrogen-bond acceptors (Lipinski definition) is 5. The molecule has 0 aromatic heterocycles. The Morgan fingerprint density at radius 3 is 2.00 bits per heavy atom. The van der Waals surface area contributed by atoms with Crippen LogP contribution in [0.25, 0.3) is 0 Å². The van der Waals surface area contributed by atoms with Crippen LogP contribution in [0, 0.1) is 0 Å². The second-order valence-corrected chi connectivity index (χ2v) is 4.09. The molecule has 0 N–H and O–H groups in total. The van der Waals surface area contributed by atoms with Crippen molar-refractivity contribution in [2.75, 3.05) is 19.8 Å². The number of nitrogens with zero attached hydrogens (tertiary/aromatic N) is 1. The number of aliphatic imine (C=N–C) groups is 1. The third-order valence-corrected chi connectivity index (χ3v) is 2.12. The van der Waals surface area contributed by atoms with Gasteiger partial charge in [0.05, 0.1) is 13.2 Å². The summed E-state index contributed by atoms with van der Waals surface area (Å²) in [6.07, 6.45) is 3.72. The van der Waals surface area contributed by atoms with Gasteiger partial charge in [-0.1, -0.05) is 11.6 Å². The molecule has 0 aromatic carbocycles. The number of carbonyl (C=O) groups is 2. The van der Waals surface area contributed by atoms with Crippen molar-refractivity contribution in [2.45, 2.75) is 40.5 Å². The number of ether oxygens (including phenoxy) is 2. The highest BCUT2D eigenvalue weighted by Gasteiger charge is 2.22. The van der Waals surface area contributed by atoms with Gasteiger partial charge >= 0.3 is 11.9 Å². The van der Waals surface area contributed by atoms with Crippen LogP contribution >= 0.6 is 0 Å². The SMILES string of the molecule is CCOC(=O)C(=NCCCC=C(C)C)C(=O)OCC. The lowest BCUT2D eigenvalue weighted by molar-refractivity contribution is -0.140. The predicted octanol–water partition coefficient (Wildman–Crippen LogP) is 2.30. The van der Waals surface area contributed by atoms with E-state index in [0.717, 1.165) is 12.8 Å². The molecule has 0 aromatic rings. The summed E-state index contributed by atoms with van der Waals surface area (Å²) in [6.45, 7) is 8.20. The minimum absolute atomic E-state index is 0.203. The summed E-state index contributed by atoms with van der Waals surface area (Å²) >= 11 is 0. The number of hydrogen-bond donors (Lipinski definition) is 0. The number of allylic oxidation sites excluding steroid dienone is 2. The van der Waals surface area contributed by atoms with Gasteiger partial charge in [0, 0.05) is 6.54 Å². The van der Waals surface area contributed by atoms with Crippen LogP contribution in [0.5, 0.6) is 0 Å². The van der Waals surface area contributed by atoms with E-state index < -0.39 is 11.9 Å². The van der Waals surface area contributed by atoms with E-state index >= 15 is 0 Å². The van der Waals surface area contributed by atoms with Crippen LogP contribution in [0.1, 0.15) is 40.5 Å². The van der Waals surface area contributed by atoms with E-state index in [1.54, 1.807) is 13.8 Å². The van der Waals surface area contributed by atoms with Crippen LogP contribution in [0.4, 0.5) is 0 Å². The van der Waals surface area contributed by atoms with Crippen molar-refractivity contribution < 1.29 is 19.1 Å². The molecule has 0 aliphatic carbocycles. The summed E-state index contributed by atoms with van der Waals surface area (Å²) in [5.41, 5.74) is 0.987. The Hall–Kier alpha value is -1.65. The lowest BCUT2D eigenvalue weighted by atomic mass is 10.2. The van der Waals surface area contributed by atoms with Gasteiger partial charge in [0.25, 0.3) is 0 Å². The molecular weight excluding hydrogens is 246 g/mol. The van der Waals surface area contributed by atoms with Gasteiger partial charge < -0.3 is 9.47 Å². The van der Waals surface area contributed by atoms with Crippen molar-refractivity contribution in [3.8, 4) is 0 Å². The molecule has 5 heteroatoms. The summed E-state index contributed by atoms with van der Waals surface area (Å²) < 4.78 is 9.57. The first-order valence-corrected chi connectivity index (χ1v) is 6.54. The van der Waals surface area contributed by atoms with E-state index in [1.807, 2.05) is 13.8 Å². The summed E-state index contributed by atoms with van der Waals surface area (Å²) in [6, 6.07) is 0. The summed E-state index contributed by atoms with van der Waals surface area (Å²) in [5.74, 6) is -1.44. The largest absolute Gasteiger partial charge is 0.461 e. The topological polar surface area (TPSA) is 65.0 Å². The molecule has 0 amide bonds. The standard InChI is InChI=1S/C14H23NO4/c1-5-18-13(16)12(14(17)19-6-2)15-10-8-7-9-11(3)4/h9H,5-8,10H2,1-4H3. The zero-order valence-corrected chi connectivity index (χ0v) is 12.2. The Balaban J connectivity index is 4.51. The molecule has 5 nitrogen and oxygen atoms in total. The molecule has 0 bridgehead atoms. The highest BCUT2D eigenvalue weighted by atomic mass is 16.6. The third-order valence-electron chi connectivity index (χ3n) is 2.12. The van der Waals surface area contributed by atoms with Crippen LogP contribution in [-0.4, -0.2) is 37.4 Å². The van der Waals surface area contributed by atoms with Crippen LogP contribution in [0.15, 0.2) is 16.6 Å². The van der Waals surface area contributed by atoms with Gasteiger partial charge in [-0.05, 0) is 40.5 Å². The lowest BCUT2D eigenvalue weighted by Gasteiger charge is -2.05. The summed E-state index contributed by atoms with van der Waals surface area (Å²) in [7, 11) is 0. The summed E-state index contributed by atoms with van der Waals surface area (Å²) in [4.78, 5) is 27.1. The molecule has 0 aliphatic heterocycles. The first-order chi connectivity index (χ1) is 9.02. The maximum absolute atomic E-state index is 11.6. The molecule has 0 rings (SSSR count). The fraction of sp³-hybridized carbons (Fsp3) is 0.643. The van der Waals surface area contributed by atoms with Crippen LogP contribution in [0.3, 0.4) is 0 Å². The molecule has 0 unspecified atom stereocenters. The molecule has 108 valence electrons. The zero-order valence-electron chi connectivity index (χ0n) is 12.2. The van der Waals surface area contributed by atoms with Gasteiger partial charge in [0.2, 0.25) is 5.71 Å². The first-order valence-electron chi connectivity index (χ1n) is 6.54. The normalized spacial score (nSPS) is 9.47. The molecule has 0 saturated carbocycles. The van der Waals surface area contributed by atoms with Crippen molar-refractivity contribution >= 4 is 17.7 Å². The van der Waals surface area contributed by atoms with Crippen molar-refractivity contribution in [1.82, 2.24) is 0 Å². The molecular formula is C14H23NO4. The van der Waals surface area contributed by atoms with Gasteiger partial charge in [-0.25, -0.2) is 9.59 Å². The van der Waals surface area contributed by atoms with E-state index in [1.165, 1.54) is 5.57 Å². The predicted molar refractivity (Wildman–Crippen MR) is 74.2 cm³/mol. The quantitative estimate of drug-likeness (QED) is 0.223. The molecule has 19 heavy (non-hydrogen) atoms. The van der Waals surface area contributed by atoms with E-state index in [9.17, 15) is 9.59 Å². The average Bonchev–Trinajstić information content (AvgIpc) is 2.33. The van der Waals surface area contributed by atoms with Crippen molar-refractivity contribution in [3.63, 3.8) is 0 Å². The Kier molecular flexibility index (Phi) is 9.40. The average molecular weight is 269 g/mol. The van der Waals surface area contributed by atoms with E-state index in [4.69, 9.17) is 9.47 Å². The first kappa shape index (κ1) is 17.4. The molecule has 0 fully saturated rings. The molecule has 0 radical (unpaired) electrons. The van der Waals surface area contributed by atoms with Crippen molar-refractivity contribution in [3.05, 3.63) is 11.6 Å². The van der Waals surface area contributed by atoms with Crippen LogP contribution < -0.4 is 0 Å². The number of carbonyl (C=O) groups excluding carboxylic acids is 2. The highest BCUT2D eigenvalue weighted by Crippen LogP contribution is 1.99. The van der Waals surface area contributed by atoms with Gasteiger partial charge in [-0.2, -0.15) is 0 Å². The van der Waals surface area contributed by atoms with Gasteiger partial charge in [-0.3, -0.25) is 4.99 Å². The highest BCUT2D eigenvalue weighted by molar-refractivity contribution is 6.62. The van der Waals surface area contributed by atoms with E-state index in [0.29, 0.717) is 6.54 Å². The molecule has 0 atom stereocenters. The van der Waals surface area contributed by atoms with E-state index in [-0.39, 0.29) is 18.9 Å². The Labute approximate surface area is 114 Å². The number of esters is 2.